The zero-order valence-electron chi connectivity index (χ0n) is 8.22. The summed E-state index contributed by atoms with van der Waals surface area (Å²) >= 11 is 11.8. The molecule has 0 heterocycles. The second-order valence-electron chi connectivity index (χ2n) is 3.29. The van der Waals surface area contributed by atoms with Crippen molar-refractivity contribution in [2.24, 2.45) is 0 Å². The lowest BCUT2D eigenvalue weighted by atomic mass is 10.1. The van der Waals surface area contributed by atoms with Gasteiger partial charge in [-0.25, -0.2) is 0 Å². The molecule has 0 aromatic heterocycles. The van der Waals surface area contributed by atoms with Crippen LogP contribution in [0.1, 0.15) is 18.9 Å². The largest absolute Gasteiger partial charge is 0.300 e. The molecule has 0 saturated carbocycles. The molecule has 15 heavy (non-hydrogen) atoms. The summed E-state index contributed by atoms with van der Waals surface area (Å²) in [7, 11) is 0. The number of carbonyl (C=O) groups is 2. The first-order valence-corrected chi connectivity index (χ1v) is 5.20. The Balaban J connectivity index is 2.80. The van der Waals surface area contributed by atoms with Crippen LogP contribution in [-0.4, -0.2) is 11.6 Å². The smallest absolute Gasteiger partial charge is 0.144 e. The van der Waals surface area contributed by atoms with Gasteiger partial charge in [-0.15, -0.1) is 0 Å². The molecule has 0 radical (unpaired) electrons. The summed E-state index contributed by atoms with van der Waals surface area (Å²) in [6, 6.07) is 5.05. The molecule has 0 spiro atoms. The van der Waals surface area contributed by atoms with Crippen molar-refractivity contribution in [3.05, 3.63) is 33.8 Å². The molecule has 0 amide bonds. The average molecular weight is 245 g/mol. The molecule has 80 valence electrons. The number of rotatable bonds is 4. The van der Waals surface area contributed by atoms with E-state index in [1.807, 2.05) is 0 Å². The Labute approximate surface area is 98.2 Å². The Morgan fingerprint density at radius 2 is 1.73 bits per heavy atom. The van der Waals surface area contributed by atoms with Crippen LogP contribution in [0.3, 0.4) is 0 Å². The van der Waals surface area contributed by atoms with Gasteiger partial charge in [-0.1, -0.05) is 29.3 Å². The van der Waals surface area contributed by atoms with Crippen LogP contribution in [0.5, 0.6) is 0 Å². The van der Waals surface area contributed by atoms with Crippen LogP contribution in [0.15, 0.2) is 18.2 Å². The van der Waals surface area contributed by atoms with Crippen LogP contribution in [0, 0.1) is 0 Å². The first-order valence-electron chi connectivity index (χ1n) is 4.44. The maximum Gasteiger partial charge on any atom is 0.144 e. The monoisotopic (exact) mass is 244 g/mol. The van der Waals surface area contributed by atoms with Crippen molar-refractivity contribution >= 4 is 34.8 Å². The third kappa shape index (κ3) is 3.65. The topological polar surface area (TPSA) is 34.1 Å². The highest BCUT2D eigenvalue weighted by atomic mass is 35.5. The minimum Gasteiger partial charge on any atom is -0.300 e. The van der Waals surface area contributed by atoms with Crippen molar-refractivity contribution < 1.29 is 9.59 Å². The fourth-order valence-electron chi connectivity index (χ4n) is 1.24. The van der Waals surface area contributed by atoms with Gasteiger partial charge in [-0.3, -0.25) is 9.59 Å². The second-order valence-corrected chi connectivity index (χ2v) is 4.11. The Bertz CT molecular complexity index is 379. The molecular weight excluding hydrogens is 235 g/mol. The van der Waals surface area contributed by atoms with Gasteiger partial charge >= 0.3 is 0 Å². The van der Waals surface area contributed by atoms with Crippen LogP contribution in [-0.2, 0) is 16.0 Å². The number of benzene rings is 1. The van der Waals surface area contributed by atoms with Gasteiger partial charge in [0.2, 0.25) is 0 Å². The highest BCUT2D eigenvalue weighted by Crippen LogP contribution is 2.25. The number of hydrogen-bond acceptors (Lipinski definition) is 2. The van der Waals surface area contributed by atoms with Gasteiger partial charge in [0.25, 0.3) is 0 Å². The van der Waals surface area contributed by atoms with Crippen molar-refractivity contribution in [3.8, 4) is 0 Å². The molecule has 1 rings (SSSR count). The Kier molecular flexibility index (Phi) is 4.30. The molecule has 1 aromatic carbocycles. The number of ketones is 2. The minimum atomic E-state index is -0.169. The molecule has 0 saturated heterocycles. The summed E-state index contributed by atoms with van der Waals surface area (Å²) < 4.78 is 0. The van der Waals surface area contributed by atoms with Crippen LogP contribution >= 0.6 is 23.2 Å². The van der Waals surface area contributed by atoms with Gasteiger partial charge in [0.1, 0.15) is 11.6 Å². The molecular formula is C11H10Cl2O2. The zero-order chi connectivity index (χ0) is 11.4. The van der Waals surface area contributed by atoms with E-state index in [9.17, 15) is 9.59 Å². The van der Waals surface area contributed by atoms with Crippen LogP contribution < -0.4 is 0 Å². The SMILES string of the molecule is CC(=O)CC(=O)Cc1c(Cl)cccc1Cl. The minimum absolute atomic E-state index is 0.0679. The standard InChI is InChI=1S/C11H10Cl2O2/c1-7(14)5-8(15)6-9-10(12)3-2-4-11(9)13/h2-4H,5-6H2,1H3. The van der Waals surface area contributed by atoms with Gasteiger partial charge < -0.3 is 0 Å². The van der Waals surface area contributed by atoms with E-state index in [1.54, 1.807) is 18.2 Å². The van der Waals surface area contributed by atoms with Gasteiger partial charge in [0.05, 0.1) is 6.42 Å². The molecule has 0 fully saturated rings. The van der Waals surface area contributed by atoms with Gasteiger partial charge in [0.15, 0.2) is 0 Å². The highest BCUT2D eigenvalue weighted by Gasteiger charge is 2.11. The van der Waals surface area contributed by atoms with E-state index in [0.29, 0.717) is 15.6 Å². The van der Waals surface area contributed by atoms with E-state index in [2.05, 4.69) is 0 Å². The lowest BCUT2D eigenvalue weighted by Gasteiger charge is -2.04. The van der Waals surface area contributed by atoms with Crippen molar-refractivity contribution in [1.82, 2.24) is 0 Å². The molecule has 0 N–H and O–H groups in total. The van der Waals surface area contributed by atoms with Gasteiger partial charge in [-0.05, 0) is 24.6 Å². The molecule has 1 aromatic rings. The normalized spacial score (nSPS) is 10.1. The van der Waals surface area contributed by atoms with Crippen LogP contribution in [0.2, 0.25) is 10.0 Å². The van der Waals surface area contributed by atoms with E-state index in [1.165, 1.54) is 6.92 Å². The van der Waals surface area contributed by atoms with E-state index in [4.69, 9.17) is 23.2 Å². The fraction of sp³-hybridized carbons (Fsp3) is 0.273. The molecule has 0 aliphatic heterocycles. The third-order valence-electron chi connectivity index (χ3n) is 1.88. The fourth-order valence-corrected chi connectivity index (χ4v) is 1.77. The van der Waals surface area contributed by atoms with Gasteiger partial charge in [-0.2, -0.15) is 0 Å². The van der Waals surface area contributed by atoms with E-state index < -0.39 is 0 Å². The quantitative estimate of drug-likeness (QED) is 0.764. The Morgan fingerprint density at radius 1 is 1.20 bits per heavy atom. The highest BCUT2D eigenvalue weighted by molar-refractivity contribution is 6.36. The van der Waals surface area contributed by atoms with E-state index >= 15 is 0 Å². The predicted octanol–water partition coefficient (Wildman–Crippen LogP) is 3.08. The summed E-state index contributed by atoms with van der Waals surface area (Å²) in [6.45, 7) is 1.38. The number of carbonyl (C=O) groups excluding carboxylic acids is 2. The van der Waals surface area contributed by atoms with Crippen molar-refractivity contribution in [2.45, 2.75) is 19.8 Å². The molecule has 0 bridgehead atoms. The summed E-state index contributed by atoms with van der Waals surface area (Å²) in [5, 5.41) is 0.916. The van der Waals surface area contributed by atoms with Crippen LogP contribution in [0.25, 0.3) is 0 Å². The molecule has 0 aliphatic rings. The zero-order valence-corrected chi connectivity index (χ0v) is 9.73. The summed E-state index contributed by atoms with van der Waals surface area (Å²) in [5.41, 5.74) is 0.590. The van der Waals surface area contributed by atoms with Crippen molar-refractivity contribution in [2.75, 3.05) is 0 Å². The predicted molar refractivity (Wildman–Crippen MR) is 60.5 cm³/mol. The second kappa shape index (κ2) is 5.29. The molecule has 0 unspecified atom stereocenters. The average Bonchev–Trinajstić information content (AvgIpc) is 2.10. The summed E-state index contributed by atoms with van der Waals surface area (Å²) in [4.78, 5) is 22.1. The Hall–Kier alpha value is -0.860. The first kappa shape index (κ1) is 12.2. The van der Waals surface area contributed by atoms with E-state index in [0.717, 1.165) is 0 Å². The number of halogens is 2. The maximum absolute atomic E-state index is 11.4. The first-order chi connectivity index (χ1) is 7.00. The summed E-state index contributed by atoms with van der Waals surface area (Å²) in [5.74, 6) is -0.319. The molecule has 0 aliphatic carbocycles. The number of Topliss-reactive ketones (excluding diaryl/α,β-unsaturated/α-hetero) is 2. The molecule has 2 nitrogen and oxygen atoms in total. The van der Waals surface area contributed by atoms with Crippen LogP contribution in [0.4, 0.5) is 0 Å². The lowest BCUT2D eigenvalue weighted by Crippen LogP contribution is -2.08. The lowest BCUT2D eigenvalue weighted by molar-refractivity contribution is -0.125. The van der Waals surface area contributed by atoms with Gasteiger partial charge in [0, 0.05) is 16.5 Å². The van der Waals surface area contributed by atoms with Crippen molar-refractivity contribution in [3.63, 3.8) is 0 Å². The molecule has 0 atom stereocenters. The van der Waals surface area contributed by atoms with E-state index in [-0.39, 0.29) is 24.4 Å². The third-order valence-corrected chi connectivity index (χ3v) is 2.59. The van der Waals surface area contributed by atoms with Crippen molar-refractivity contribution in [1.29, 1.82) is 0 Å². The summed E-state index contributed by atoms with van der Waals surface area (Å²) in [6.07, 6.45) is 0.0413. The maximum atomic E-state index is 11.4. The number of hydrogen-bond donors (Lipinski definition) is 0. The Morgan fingerprint density at radius 3 is 2.20 bits per heavy atom. The molecule has 4 heteroatoms.